The van der Waals surface area contributed by atoms with Gasteiger partial charge in [-0.3, -0.25) is 19.5 Å². The summed E-state index contributed by atoms with van der Waals surface area (Å²) in [6.45, 7) is 0.119. The predicted octanol–water partition coefficient (Wildman–Crippen LogP) is 2.01. The quantitative estimate of drug-likeness (QED) is 0.539. The van der Waals surface area contributed by atoms with Crippen LogP contribution >= 0.6 is 11.3 Å². The topological polar surface area (TPSA) is 91.2 Å². The van der Waals surface area contributed by atoms with Gasteiger partial charge in [0.15, 0.2) is 0 Å². The number of thiophene rings is 1. The molecule has 19 heavy (non-hydrogen) atoms. The summed E-state index contributed by atoms with van der Waals surface area (Å²) < 4.78 is 6.94. The van der Waals surface area contributed by atoms with Gasteiger partial charge in [0.05, 0.1) is 24.5 Å². The van der Waals surface area contributed by atoms with Crippen molar-refractivity contribution in [3.8, 4) is 0 Å². The molecule has 8 heteroatoms. The van der Waals surface area contributed by atoms with Crippen LogP contribution < -0.4 is 5.56 Å². The summed E-state index contributed by atoms with van der Waals surface area (Å²) in [4.78, 5) is 26.1. The Hall–Kier alpha value is -2.48. The molecule has 0 N–H and O–H groups in total. The lowest BCUT2D eigenvalue weighted by atomic mass is 10.4. The molecule has 3 aromatic rings. The van der Waals surface area contributed by atoms with E-state index in [1.165, 1.54) is 34.4 Å². The molecule has 0 aliphatic rings. The predicted molar refractivity (Wildman–Crippen MR) is 68.3 cm³/mol. The molecule has 3 heterocycles. The highest BCUT2D eigenvalue weighted by atomic mass is 32.1. The number of nitrogens with zero attached hydrogens (tertiary/aromatic N) is 3. The number of fused-ring (bicyclic) bond motifs is 1. The van der Waals surface area contributed by atoms with Crippen LogP contribution in [0.4, 0.5) is 5.88 Å². The zero-order valence-electron chi connectivity index (χ0n) is 9.48. The SMILES string of the molecule is O=c1c2sccc2ncn1Cc1ccc([N+](=O)[O-])o1. The van der Waals surface area contributed by atoms with Crippen LogP contribution in [0.25, 0.3) is 10.2 Å². The second kappa shape index (κ2) is 4.32. The van der Waals surface area contributed by atoms with Crippen LogP contribution in [0.15, 0.2) is 39.1 Å². The normalized spacial score (nSPS) is 10.9. The minimum absolute atomic E-state index is 0.119. The maximum atomic E-state index is 12.1. The van der Waals surface area contributed by atoms with E-state index < -0.39 is 4.92 Å². The van der Waals surface area contributed by atoms with Crippen molar-refractivity contribution < 1.29 is 9.34 Å². The average Bonchev–Trinajstić information content (AvgIpc) is 3.01. The maximum Gasteiger partial charge on any atom is 0.433 e. The van der Waals surface area contributed by atoms with E-state index in [4.69, 9.17) is 4.42 Å². The molecule has 0 aliphatic heterocycles. The van der Waals surface area contributed by atoms with Gasteiger partial charge in [0.1, 0.15) is 15.4 Å². The highest BCUT2D eigenvalue weighted by Gasteiger charge is 2.13. The molecule has 0 radical (unpaired) electrons. The third-order valence-electron chi connectivity index (χ3n) is 2.59. The molecule has 0 fully saturated rings. The summed E-state index contributed by atoms with van der Waals surface area (Å²) in [5.74, 6) is -0.000263. The molecule has 0 amide bonds. The van der Waals surface area contributed by atoms with E-state index >= 15 is 0 Å². The first-order valence-corrected chi connectivity index (χ1v) is 6.19. The minimum Gasteiger partial charge on any atom is -0.404 e. The number of furan rings is 1. The van der Waals surface area contributed by atoms with Gasteiger partial charge < -0.3 is 4.42 Å². The van der Waals surface area contributed by atoms with Crippen LogP contribution in [0.5, 0.6) is 0 Å². The van der Waals surface area contributed by atoms with Gasteiger partial charge in [-0.2, -0.15) is 0 Å². The molecule has 0 spiro atoms. The van der Waals surface area contributed by atoms with E-state index in [1.54, 1.807) is 11.4 Å². The Morgan fingerprint density at radius 1 is 1.42 bits per heavy atom. The van der Waals surface area contributed by atoms with Crippen LogP contribution in [-0.2, 0) is 6.54 Å². The van der Waals surface area contributed by atoms with Gasteiger partial charge in [-0.15, -0.1) is 11.3 Å². The Balaban J connectivity index is 1.98. The van der Waals surface area contributed by atoms with E-state index in [-0.39, 0.29) is 18.0 Å². The molecular formula is C11H7N3O4S. The van der Waals surface area contributed by atoms with Crippen molar-refractivity contribution in [3.63, 3.8) is 0 Å². The Bertz CT molecular complexity index is 817. The van der Waals surface area contributed by atoms with Gasteiger partial charge in [-0.1, -0.05) is 0 Å². The molecule has 0 unspecified atom stereocenters. The lowest BCUT2D eigenvalue weighted by Crippen LogP contribution is -2.19. The molecule has 3 rings (SSSR count). The summed E-state index contributed by atoms with van der Waals surface area (Å²) in [6.07, 6.45) is 1.41. The number of aromatic nitrogens is 2. The van der Waals surface area contributed by atoms with Crippen LogP contribution in [0.1, 0.15) is 5.76 Å². The molecular weight excluding hydrogens is 270 g/mol. The molecule has 0 saturated heterocycles. The van der Waals surface area contributed by atoms with Crippen molar-refractivity contribution in [3.05, 3.63) is 56.1 Å². The first kappa shape index (κ1) is 11.6. The van der Waals surface area contributed by atoms with Crippen molar-refractivity contribution >= 4 is 27.4 Å². The lowest BCUT2D eigenvalue weighted by molar-refractivity contribution is -0.402. The monoisotopic (exact) mass is 277 g/mol. The largest absolute Gasteiger partial charge is 0.433 e. The average molecular weight is 277 g/mol. The highest BCUT2D eigenvalue weighted by molar-refractivity contribution is 7.17. The summed E-state index contributed by atoms with van der Waals surface area (Å²) in [7, 11) is 0. The smallest absolute Gasteiger partial charge is 0.404 e. The van der Waals surface area contributed by atoms with Crippen LogP contribution in [0, 0.1) is 10.1 Å². The molecule has 0 atom stereocenters. The van der Waals surface area contributed by atoms with Crippen molar-refractivity contribution in [1.29, 1.82) is 0 Å². The summed E-state index contributed by atoms with van der Waals surface area (Å²) in [5.41, 5.74) is 0.468. The zero-order chi connectivity index (χ0) is 13.4. The fourth-order valence-electron chi connectivity index (χ4n) is 1.71. The first-order valence-electron chi connectivity index (χ1n) is 5.31. The molecule has 0 aliphatic carbocycles. The summed E-state index contributed by atoms with van der Waals surface area (Å²) in [6, 6.07) is 4.50. The molecule has 0 saturated carbocycles. The van der Waals surface area contributed by atoms with Crippen molar-refractivity contribution in [2.75, 3.05) is 0 Å². The van der Waals surface area contributed by atoms with Crippen molar-refractivity contribution in [1.82, 2.24) is 9.55 Å². The second-order valence-corrected chi connectivity index (χ2v) is 4.73. The number of hydrogen-bond acceptors (Lipinski definition) is 6. The van der Waals surface area contributed by atoms with Gasteiger partial charge in [0.2, 0.25) is 0 Å². The minimum atomic E-state index is -0.618. The second-order valence-electron chi connectivity index (χ2n) is 3.81. The Morgan fingerprint density at radius 2 is 2.26 bits per heavy atom. The molecule has 0 bridgehead atoms. The van der Waals surface area contributed by atoms with Gasteiger partial charge in [0.25, 0.3) is 5.56 Å². The Labute approximate surface area is 109 Å². The molecule has 7 nitrogen and oxygen atoms in total. The number of nitro groups is 1. The van der Waals surface area contributed by atoms with Crippen molar-refractivity contribution in [2.45, 2.75) is 6.54 Å². The fourth-order valence-corrected chi connectivity index (χ4v) is 2.50. The van der Waals surface area contributed by atoms with E-state index in [2.05, 4.69) is 4.98 Å². The third kappa shape index (κ3) is 2.02. The summed E-state index contributed by atoms with van der Waals surface area (Å²) in [5, 5.41) is 12.3. The highest BCUT2D eigenvalue weighted by Crippen LogP contribution is 2.17. The third-order valence-corrected chi connectivity index (χ3v) is 3.48. The molecule has 96 valence electrons. The van der Waals surface area contributed by atoms with E-state index in [1.807, 2.05) is 0 Å². The van der Waals surface area contributed by atoms with Gasteiger partial charge in [-0.25, -0.2) is 4.98 Å². The standard InChI is InChI=1S/C11H7N3O4S/c15-11-10-8(3-4-19-10)12-6-13(11)5-7-1-2-9(18-7)14(16)17/h1-4,6H,5H2. The van der Waals surface area contributed by atoms with Gasteiger partial charge >= 0.3 is 5.88 Å². The maximum absolute atomic E-state index is 12.1. The molecule has 3 aromatic heterocycles. The van der Waals surface area contributed by atoms with Gasteiger partial charge in [-0.05, 0) is 17.5 Å². The van der Waals surface area contributed by atoms with Crippen LogP contribution in [0.2, 0.25) is 0 Å². The first-order chi connectivity index (χ1) is 9.15. The zero-order valence-corrected chi connectivity index (χ0v) is 10.3. The Morgan fingerprint density at radius 3 is 3.00 bits per heavy atom. The van der Waals surface area contributed by atoms with E-state index in [9.17, 15) is 14.9 Å². The fraction of sp³-hybridized carbons (Fsp3) is 0.0909. The van der Waals surface area contributed by atoms with Crippen LogP contribution in [0.3, 0.4) is 0 Å². The van der Waals surface area contributed by atoms with Crippen LogP contribution in [-0.4, -0.2) is 14.5 Å². The summed E-state index contributed by atoms with van der Waals surface area (Å²) >= 11 is 1.31. The van der Waals surface area contributed by atoms with Gasteiger partial charge in [0, 0.05) is 0 Å². The van der Waals surface area contributed by atoms with E-state index in [0.29, 0.717) is 16.0 Å². The number of hydrogen-bond donors (Lipinski definition) is 0. The lowest BCUT2D eigenvalue weighted by Gasteiger charge is -2.01. The van der Waals surface area contributed by atoms with Crippen molar-refractivity contribution in [2.24, 2.45) is 0 Å². The number of rotatable bonds is 3. The Kier molecular flexibility index (Phi) is 2.64. The van der Waals surface area contributed by atoms with E-state index in [0.717, 1.165) is 0 Å². The molecule has 0 aromatic carbocycles.